The maximum absolute atomic E-state index is 13.0. The van der Waals surface area contributed by atoms with Crippen molar-refractivity contribution in [3.63, 3.8) is 0 Å². The summed E-state index contributed by atoms with van der Waals surface area (Å²) in [5.74, 6) is -1.91. The van der Waals surface area contributed by atoms with Crippen LogP contribution in [0.4, 0.5) is 15.8 Å². The molecular formula is C18H16FN3O3. The number of halogens is 1. The standard InChI is InChI=1S/C18H16FN3O3/c19-13-3-7-15(8-4-13)22-10-12(9-16(22)23)18(25)21-14-5-1-11(2-6-14)17(20)24/h1-8,12H,9-10H2,(H2,20,24)(H,21,25)/t12-/m0/s1. The highest BCUT2D eigenvalue weighted by Gasteiger charge is 2.35. The van der Waals surface area contributed by atoms with Crippen LogP contribution in [0.5, 0.6) is 0 Å². The minimum atomic E-state index is -0.547. The van der Waals surface area contributed by atoms with E-state index in [4.69, 9.17) is 5.73 Å². The Labute approximate surface area is 143 Å². The lowest BCUT2D eigenvalue weighted by molar-refractivity contribution is -0.122. The van der Waals surface area contributed by atoms with E-state index < -0.39 is 11.8 Å². The summed E-state index contributed by atoms with van der Waals surface area (Å²) in [4.78, 5) is 37.0. The zero-order valence-corrected chi connectivity index (χ0v) is 13.2. The number of amides is 3. The van der Waals surface area contributed by atoms with E-state index in [9.17, 15) is 18.8 Å². The number of hydrogen-bond donors (Lipinski definition) is 2. The molecule has 3 rings (SSSR count). The number of primary amides is 1. The second kappa shape index (κ2) is 6.72. The summed E-state index contributed by atoms with van der Waals surface area (Å²) < 4.78 is 13.0. The van der Waals surface area contributed by atoms with Crippen LogP contribution < -0.4 is 16.0 Å². The van der Waals surface area contributed by atoms with Crippen molar-refractivity contribution in [2.45, 2.75) is 6.42 Å². The topological polar surface area (TPSA) is 92.5 Å². The van der Waals surface area contributed by atoms with Crippen LogP contribution in [0.2, 0.25) is 0 Å². The molecule has 1 fully saturated rings. The fourth-order valence-corrected chi connectivity index (χ4v) is 2.72. The first-order valence-electron chi connectivity index (χ1n) is 7.70. The van der Waals surface area contributed by atoms with Crippen LogP contribution in [0, 0.1) is 11.7 Å². The maximum Gasteiger partial charge on any atom is 0.248 e. The van der Waals surface area contributed by atoms with Crippen LogP contribution in [0.3, 0.4) is 0 Å². The molecule has 2 aromatic rings. The Morgan fingerprint density at radius 1 is 1.08 bits per heavy atom. The van der Waals surface area contributed by atoms with Crippen molar-refractivity contribution in [1.82, 2.24) is 0 Å². The van der Waals surface area contributed by atoms with Gasteiger partial charge in [-0.1, -0.05) is 0 Å². The quantitative estimate of drug-likeness (QED) is 0.890. The molecule has 0 spiro atoms. The van der Waals surface area contributed by atoms with E-state index in [-0.39, 0.29) is 30.6 Å². The molecule has 1 atom stereocenters. The summed E-state index contributed by atoms with van der Waals surface area (Å²) >= 11 is 0. The van der Waals surface area contributed by atoms with Gasteiger partial charge in [0.05, 0.1) is 5.92 Å². The second-order valence-electron chi connectivity index (χ2n) is 5.81. The van der Waals surface area contributed by atoms with Gasteiger partial charge in [-0.15, -0.1) is 0 Å². The number of benzene rings is 2. The highest BCUT2D eigenvalue weighted by Crippen LogP contribution is 2.26. The average molecular weight is 341 g/mol. The molecule has 0 unspecified atom stereocenters. The zero-order valence-electron chi connectivity index (χ0n) is 13.2. The highest BCUT2D eigenvalue weighted by atomic mass is 19.1. The van der Waals surface area contributed by atoms with Crippen molar-refractivity contribution >= 4 is 29.1 Å². The minimum Gasteiger partial charge on any atom is -0.366 e. The van der Waals surface area contributed by atoms with E-state index in [1.807, 2.05) is 0 Å². The summed E-state index contributed by atoms with van der Waals surface area (Å²) in [7, 11) is 0. The van der Waals surface area contributed by atoms with Gasteiger partial charge in [-0.25, -0.2) is 4.39 Å². The second-order valence-corrected chi connectivity index (χ2v) is 5.81. The van der Waals surface area contributed by atoms with Crippen molar-refractivity contribution < 1.29 is 18.8 Å². The Balaban J connectivity index is 1.66. The van der Waals surface area contributed by atoms with Crippen LogP contribution in [0.1, 0.15) is 16.8 Å². The van der Waals surface area contributed by atoms with E-state index in [0.717, 1.165) is 0 Å². The van der Waals surface area contributed by atoms with Gasteiger partial charge < -0.3 is 16.0 Å². The van der Waals surface area contributed by atoms with E-state index >= 15 is 0 Å². The number of carbonyl (C=O) groups excluding carboxylic acids is 3. The Bertz CT molecular complexity index is 818. The molecule has 1 aliphatic heterocycles. The third kappa shape index (κ3) is 3.65. The van der Waals surface area contributed by atoms with Gasteiger partial charge in [-0.3, -0.25) is 14.4 Å². The molecule has 3 N–H and O–H groups in total. The molecule has 6 nitrogen and oxygen atoms in total. The lowest BCUT2D eigenvalue weighted by atomic mass is 10.1. The fourth-order valence-electron chi connectivity index (χ4n) is 2.72. The fraction of sp³-hybridized carbons (Fsp3) is 0.167. The number of nitrogens with zero attached hydrogens (tertiary/aromatic N) is 1. The molecule has 128 valence electrons. The number of carbonyl (C=O) groups is 3. The largest absolute Gasteiger partial charge is 0.366 e. The molecule has 1 aliphatic rings. The normalized spacial score (nSPS) is 16.8. The predicted molar refractivity (Wildman–Crippen MR) is 90.4 cm³/mol. The first-order valence-corrected chi connectivity index (χ1v) is 7.70. The number of nitrogens with two attached hydrogens (primary N) is 1. The SMILES string of the molecule is NC(=O)c1ccc(NC(=O)[C@H]2CC(=O)N(c3ccc(F)cc3)C2)cc1. The van der Waals surface area contributed by atoms with Crippen molar-refractivity contribution in [2.75, 3.05) is 16.8 Å². The van der Waals surface area contributed by atoms with Gasteiger partial charge in [0.15, 0.2) is 0 Å². The lowest BCUT2D eigenvalue weighted by Crippen LogP contribution is -2.28. The van der Waals surface area contributed by atoms with E-state index in [1.165, 1.54) is 41.3 Å². The van der Waals surface area contributed by atoms with Crippen LogP contribution in [0.15, 0.2) is 48.5 Å². The third-order valence-electron chi connectivity index (χ3n) is 4.07. The lowest BCUT2D eigenvalue weighted by Gasteiger charge is -2.16. The number of hydrogen-bond acceptors (Lipinski definition) is 3. The molecule has 1 heterocycles. The van der Waals surface area contributed by atoms with Gasteiger partial charge in [0.1, 0.15) is 5.82 Å². The van der Waals surface area contributed by atoms with Gasteiger partial charge >= 0.3 is 0 Å². The number of rotatable bonds is 4. The van der Waals surface area contributed by atoms with Gasteiger partial charge in [-0.2, -0.15) is 0 Å². The minimum absolute atomic E-state index is 0.0859. The molecule has 3 amide bonds. The van der Waals surface area contributed by atoms with E-state index in [0.29, 0.717) is 16.9 Å². The van der Waals surface area contributed by atoms with Gasteiger partial charge in [0.25, 0.3) is 0 Å². The molecule has 0 radical (unpaired) electrons. The van der Waals surface area contributed by atoms with Crippen molar-refractivity contribution in [2.24, 2.45) is 11.7 Å². The first kappa shape index (κ1) is 16.6. The molecule has 1 saturated heterocycles. The van der Waals surface area contributed by atoms with Crippen LogP contribution in [-0.2, 0) is 9.59 Å². The Hall–Kier alpha value is -3.22. The van der Waals surface area contributed by atoms with Crippen molar-refractivity contribution in [1.29, 1.82) is 0 Å². The summed E-state index contributed by atoms with van der Waals surface area (Å²) in [5.41, 5.74) is 6.59. The Morgan fingerprint density at radius 3 is 2.32 bits per heavy atom. The monoisotopic (exact) mass is 341 g/mol. The number of anilines is 2. The predicted octanol–water partition coefficient (Wildman–Crippen LogP) is 1.92. The first-order chi connectivity index (χ1) is 11.9. The smallest absolute Gasteiger partial charge is 0.248 e. The molecule has 0 aliphatic carbocycles. The summed E-state index contributed by atoms with van der Waals surface area (Å²) in [6.07, 6.45) is 0.0859. The highest BCUT2D eigenvalue weighted by molar-refractivity contribution is 6.03. The summed E-state index contributed by atoms with van der Waals surface area (Å²) in [6.45, 7) is 0.232. The molecule has 0 saturated carbocycles. The average Bonchev–Trinajstić information content (AvgIpc) is 2.98. The summed E-state index contributed by atoms with van der Waals surface area (Å²) in [6, 6.07) is 11.8. The molecule has 25 heavy (non-hydrogen) atoms. The Morgan fingerprint density at radius 2 is 1.72 bits per heavy atom. The van der Waals surface area contributed by atoms with Gasteiger partial charge in [-0.05, 0) is 48.5 Å². The van der Waals surface area contributed by atoms with Crippen molar-refractivity contribution in [3.05, 3.63) is 59.9 Å². The summed E-state index contributed by atoms with van der Waals surface area (Å²) in [5, 5.41) is 2.72. The molecule has 0 bridgehead atoms. The molecule has 2 aromatic carbocycles. The zero-order chi connectivity index (χ0) is 18.0. The van der Waals surface area contributed by atoms with Crippen molar-refractivity contribution in [3.8, 4) is 0 Å². The third-order valence-corrected chi connectivity index (χ3v) is 4.07. The van der Waals surface area contributed by atoms with E-state index in [1.54, 1.807) is 12.1 Å². The van der Waals surface area contributed by atoms with Gasteiger partial charge in [0, 0.05) is 29.9 Å². The van der Waals surface area contributed by atoms with E-state index in [2.05, 4.69) is 5.32 Å². The molecule has 7 heteroatoms. The maximum atomic E-state index is 13.0. The van der Waals surface area contributed by atoms with Gasteiger partial charge in [0.2, 0.25) is 17.7 Å². The number of nitrogens with one attached hydrogen (secondary N) is 1. The van der Waals surface area contributed by atoms with Crippen LogP contribution in [0.25, 0.3) is 0 Å². The molecular weight excluding hydrogens is 325 g/mol. The van der Waals surface area contributed by atoms with Crippen LogP contribution in [-0.4, -0.2) is 24.3 Å². The Kier molecular flexibility index (Phi) is 4.47. The molecule has 0 aromatic heterocycles. The van der Waals surface area contributed by atoms with Crippen LogP contribution >= 0.6 is 0 Å².